The molecule has 2 N–H and O–H groups in total. The lowest BCUT2D eigenvalue weighted by molar-refractivity contribution is 0.632. The van der Waals surface area contributed by atoms with Crippen molar-refractivity contribution >= 4 is 23.0 Å². The Morgan fingerprint density at radius 1 is 0.923 bits per heavy atom. The smallest absolute Gasteiger partial charge is 0.171 e. The van der Waals surface area contributed by atoms with Gasteiger partial charge in [-0.1, -0.05) is 66.2 Å². The zero-order valence-corrected chi connectivity index (χ0v) is 15.6. The highest BCUT2D eigenvalue weighted by molar-refractivity contribution is 7.80. The number of nitrogens with one attached hydrogen (secondary N) is 2. The molecule has 0 bridgehead atoms. The number of anilines is 1. The first-order chi connectivity index (χ1) is 12.5. The Labute approximate surface area is 159 Å². The van der Waals surface area contributed by atoms with E-state index in [-0.39, 0.29) is 11.9 Å². The Morgan fingerprint density at radius 3 is 2.31 bits per heavy atom. The molecular formula is C22H21FN2S. The van der Waals surface area contributed by atoms with E-state index in [0.29, 0.717) is 10.8 Å². The molecule has 1 atom stereocenters. The molecule has 0 saturated heterocycles. The fourth-order valence-corrected chi connectivity index (χ4v) is 3.22. The number of halogens is 1. The number of benzene rings is 3. The van der Waals surface area contributed by atoms with Crippen molar-refractivity contribution in [3.8, 4) is 0 Å². The van der Waals surface area contributed by atoms with Gasteiger partial charge in [0.2, 0.25) is 0 Å². The summed E-state index contributed by atoms with van der Waals surface area (Å²) in [5, 5.41) is 6.67. The molecule has 26 heavy (non-hydrogen) atoms. The number of hydrogen-bond acceptors (Lipinski definition) is 1. The summed E-state index contributed by atoms with van der Waals surface area (Å²) in [4.78, 5) is 0. The van der Waals surface area contributed by atoms with E-state index in [1.165, 1.54) is 17.2 Å². The zero-order valence-electron chi connectivity index (χ0n) is 14.8. The van der Waals surface area contributed by atoms with Gasteiger partial charge in [-0.3, -0.25) is 0 Å². The topological polar surface area (TPSA) is 24.1 Å². The van der Waals surface area contributed by atoms with Gasteiger partial charge >= 0.3 is 0 Å². The first kappa shape index (κ1) is 18.1. The van der Waals surface area contributed by atoms with Crippen LogP contribution in [0.3, 0.4) is 0 Å². The van der Waals surface area contributed by atoms with E-state index in [4.69, 9.17) is 12.2 Å². The van der Waals surface area contributed by atoms with Crippen molar-refractivity contribution in [2.24, 2.45) is 0 Å². The van der Waals surface area contributed by atoms with E-state index in [1.54, 1.807) is 18.2 Å². The lowest BCUT2D eigenvalue weighted by Crippen LogP contribution is -2.33. The first-order valence-corrected chi connectivity index (χ1v) is 8.89. The summed E-state index contributed by atoms with van der Waals surface area (Å²) in [6.45, 7) is 4.17. The fourth-order valence-electron chi connectivity index (χ4n) is 2.99. The molecule has 0 aliphatic carbocycles. The Hall–Kier alpha value is -2.72. The molecule has 3 rings (SSSR count). The van der Waals surface area contributed by atoms with Gasteiger partial charge in [0.1, 0.15) is 5.82 Å². The van der Waals surface area contributed by atoms with Crippen LogP contribution in [0.1, 0.15) is 28.3 Å². The van der Waals surface area contributed by atoms with Gasteiger partial charge in [0.15, 0.2) is 5.11 Å². The molecule has 0 fully saturated rings. The maximum Gasteiger partial charge on any atom is 0.171 e. The monoisotopic (exact) mass is 364 g/mol. The van der Waals surface area contributed by atoms with Crippen LogP contribution in [0.15, 0.2) is 72.8 Å². The minimum absolute atomic E-state index is 0.122. The van der Waals surface area contributed by atoms with Gasteiger partial charge < -0.3 is 10.6 Å². The van der Waals surface area contributed by atoms with Crippen LogP contribution >= 0.6 is 12.2 Å². The van der Waals surface area contributed by atoms with Gasteiger partial charge in [-0.15, -0.1) is 0 Å². The maximum atomic E-state index is 13.9. The van der Waals surface area contributed by atoms with Crippen molar-refractivity contribution in [3.05, 3.63) is 101 Å². The van der Waals surface area contributed by atoms with Crippen LogP contribution in [0.4, 0.5) is 10.1 Å². The van der Waals surface area contributed by atoms with Crippen molar-refractivity contribution < 1.29 is 4.39 Å². The summed E-state index contributed by atoms with van der Waals surface area (Å²) in [5.41, 5.74) is 4.99. The van der Waals surface area contributed by atoms with E-state index in [1.807, 2.05) is 18.2 Å². The van der Waals surface area contributed by atoms with Gasteiger partial charge in [-0.2, -0.15) is 0 Å². The second-order valence-electron chi connectivity index (χ2n) is 6.28. The number of hydrogen-bond donors (Lipinski definition) is 2. The third-order valence-electron chi connectivity index (χ3n) is 4.27. The number of aryl methyl sites for hydroxylation is 2. The number of para-hydroxylation sites is 1. The standard InChI is InChI=1S/C22H21FN2S/c1-15-12-13-18(16(2)14-15)21(17-8-4-3-5-9-17)25-22(26)24-20-11-7-6-10-19(20)23/h3-14,21H,1-2H3,(H2,24,25,26)/t21-/m1/s1. The molecule has 0 spiro atoms. The molecule has 0 aliphatic heterocycles. The van der Waals surface area contributed by atoms with E-state index >= 15 is 0 Å². The first-order valence-electron chi connectivity index (χ1n) is 8.49. The minimum Gasteiger partial charge on any atom is -0.352 e. The SMILES string of the molecule is Cc1ccc([C@H](NC(=S)Nc2ccccc2F)c2ccccc2)c(C)c1. The summed E-state index contributed by atoms with van der Waals surface area (Å²) >= 11 is 5.45. The molecule has 0 radical (unpaired) electrons. The molecule has 2 nitrogen and oxygen atoms in total. The molecule has 0 amide bonds. The Balaban J connectivity index is 1.89. The fraction of sp³-hybridized carbons (Fsp3) is 0.136. The van der Waals surface area contributed by atoms with Gasteiger partial charge in [0, 0.05) is 0 Å². The Morgan fingerprint density at radius 2 is 1.62 bits per heavy atom. The van der Waals surface area contributed by atoms with Crippen LogP contribution in [0, 0.1) is 19.7 Å². The van der Waals surface area contributed by atoms with Crippen LogP contribution < -0.4 is 10.6 Å². The molecule has 3 aromatic carbocycles. The highest BCUT2D eigenvalue weighted by Gasteiger charge is 2.17. The lowest BCUT2D eigenvalue weighted by Gasteiger charge is -2.24. The lowest BCUT2D eigenvalue weighted by atomic mass is 9.94. The average Bonchev–Trinajstić information content (AvgIpc) is 2.63. The van der Waals surface area contributed by atoms with Crippen LogP contribution in [0.5, 0.6) is 0 Å². The normalized spacial score (nSPS) is 11.7. The molecule has 0 unspecified atom stereocenters. The van der Waals surface area contributed by atoms with E-state index < -0.39 is 0 Å². The molecule has 0 saturated carbocycles. The largest absolute Gasteiger partial charge is 0.352 e. The predicted octanol–water partition coefficient (Wildman–Crippen LogP) is 5.52. The van der Waals surface area contributed by atoms with Crippen LogP contribution in [0.25, 0.3) is 0 Å². The van der Waals surface area contributed by atoms with Crippen LogP contribution in [-0.2, 0) is 0 Å². The van der Waals surface area contributed by atoms with Gasteiger partial charge in [-0.25, -0.2) is 4.39 Å². The number of thiocarbonyl (C=S) groups is 1. The molecule has 0 aromatic heterocycles. The maximum absolute atomic E-state index is 13.9. The second kappa shape index (κ2) is 8.11. The molecule has 0 heterocycles. The van der Waals surface area contributed by atoms with Gasteiger partial charge in [0.05, 0.1) is 11.7 Å². The van der Waals surface area contributed by atoms with Gasteiger partial charge in [0.25, 0.3) is 0 Å². The Bertz CT molecular complexity index is 909. The highest BCUT2D eigenvalue weighted by Crippen LogP contribution is 2.26. The van der Waals surface area contributed by atoms with E-state index in [2.05, 4.69) is 54.8 Å². The summed E-state index contributed by atoms with van der Waals surface area (Å²) in [5.74, 6) is -0.334. The summed E-state index contributed by atoms with van der Waals surface area (Å²) < 4.78 is 13.9. The molecule has 0 aliphatic rings. The summed E-state index contributed by atoms with van der Waals surface area (Å²) in [6.07, 6.45) is 0. The van der Waals surface area contributed by atoms with Crippen molar-refractivity contribution in [2.75, 3.05) is 5.32 Å². The molecule has 4 heteroatoms. The second-order valence-corrected chi connectivity index (χ2v) is 6.69. The Kier molecular flexibility index (Phi) is 5.64. The third-order valence-corrected chi connectivity index (χ3v) is 4.49. The summed E-state index contributed by atoms with van der Waals surface area (Å²) in [6, 6.07) is 22.8. The summed E-state index contributed by atoms with van der Waals surface area (Å²) in [7, 11) is 0. The van der Waals surface area contributed by atoms with E-state index in [0.717, 1.165) is 11.1 Å². The van der Waals surface area contributed by atoms with Crippen molar-refractivity contribution in [2.45, 2.75) is 19.9 Å². The quantitative estimate of drug-likeness (QED) is 0.596. The molecule has 3 aromatic rings. The average molecular weight is 364 g/mol. The third kappa shape index (κ3) is 4.27. The van der Waals surface area contributed by atoms with Crippen LogP contribution in [0.2, 0.25) is 0 Å². The number of rotatable bonds is 4. The minimum atomic E-state index is -0.334. The van der Waals surface area contributed by atoms with Crippen LogP contribution in [-0.4, -0.2) is 5.11 Å². The predicted molar refractivity (Wildman–Crippen MR) is 110 cm³/mol. The molecule has 132 valence electrons. The highest BCUT2D eigenvalue weighted by atomic mass is 32.1. The molecular weight excluding hydrogens is 343 g/mol. The van der Waals surface area contributed by atoms with Gasteiger partial charge in [-0.05, 0) is 54.9 Å². The van der Waals surface area contributed by atoms with Crippen molar-refractivity contribution in [1.29, 1.82) is 0 Å². The zero-order chi connectivity index (χ0) is 18.5. The van der Waals surface area contributed by atoms with E-state index in [9.17, 15) is 4.39 Å². The van der Waals surface area contributed by atoms with Crippen molar-refractivity contribution in [3.63, 3.8) is 0 Å². The van der Waals surface area contributed by atoms with Crippen molar-refractivity contribution in [1.82, 2.24) is 5.32 Å².